The number of unbranched alkanes of at least 4 members (excludes halogenated alkanes) is 3. The molecule has 0 aliphatic heterocycles. The molecule has 0 amide bonds. The van der Waals surface area contributed by atoms with Gasteiger partial charge >= 0.3 is 11.7 Å². The topological polar surface area (TPSA) is 78.7 Å². The second-order valence-corrected chi connectivity index (χ2v) is 8.46. The van der Waals surface area contributed by atoms with Crippen molar-refractivity contribution in [3.8, 4) is 22.6 Å². The van der Waals surface area contributed by atoms with Gasteiger partial charge in [-0.1, -0.05) is 69.2 Å². The number of nitrogens with zero attached hydrogens (tertiary/aromatic N) is 1. The number of carbonyl (C=O) groups is 1. The van der Waals surface area contributed by atoms with Gasteiger partial charge in [0, 0.05) is 6.07 Å². The molecule has 0 aromatic heterocycles. The zero-order chi connectivity index (χ0) is 25.2. The molecule has 182 valence electrons. The van der Waals surface area contributed by atoms with Crippen molar-refractivity contribution in [2.45, 2.75) is 52.1 Å². The average molecular weight is 474 g/mol. The minimum atomic E-state index is -0.464. The Morgan fingerprint density at radius 3 is 2.31 bits per heavy atom. The smallest absolute Gasteiger partial charge is 0.343 e. The van der Waals surface area contributed by atoms with E-state index < -0.39 is 10.9 Å². The first-order valence-electron chi connectivity index (χ1n) is 11.9. The Hall–Kier alpha value is -3.93. The molecule has 0 unspecified atom stereocenters. The van der Waals surface area contributed by atoms with Gasteiger partial charge in [0.1, 0.15) is 5.75 Å². The number of hydrogen-bond acceptors (Lipinski definition) is 5. The molecule has 35 heavy (non-hydrogen) atoms. The molecule has 3 rings (SSSR count). The van der Waals surface area contributed by atoms with Crippen molar-refractivity contribution in [3.05, 3.63) is 94.6 Å². The summed E-state index contributed by atoms with van der Waals surface area (Å²) in [6, 6.07) is 18.8. The third kappa shape index (κ3) is 7.27. The zero-order valence-electron chi connectivity index (χ0n) is 20.2. The van der Waals surface area contributed by atoms with Gasteiger partial charge in [-0.25, -0.2) is 4.79 Å². The molecule has 6 heteroatoms. The number of hydrogen-bond donors (Lipinski definition) is 0. The summed E-state index contributed by atoms with van der Waals surface area (Å²) in [4.78, 5) is 23.7. The van der Waals surface area contributed by atoms with E-state index in [9.17, 15) is 14.9 Å². The van der Waals surface area contributed by atoms with Crippen LogP contribution in [-0.4, -0.2) is 17.0 Å². The van der Waals surface area contributed by atoms with Crippen LogP contribution < -0.4 is 9.47 Å². The summed E-state index contributed by atoms with van der Waals surface area (Å²) in [5.41, 5.74) is 2.73. The van der Waals surface area contributed by atoms with Gasteiger partial charge < -0.3 is 9.47 Å². The third-order valence-corrected chi connectivity index (χ3v) is 5.73. The monoisotopic (exact) mass is 473 g/mol. The Labute approximate surface area is 206 Å². The zero-order valence-corrected chi connectivity index (χ0v) is 20.2. The molecule has 0 fully saturated rings. The second-order valence-electron chi connectivity index (χ2n) is 8.46. The Balaban J connectivity index is 1.68. The van der Waals surface area contributed by atoms with E-state index in [2.05, 4.69) is 13.5 Å². The van der Waals surface area contributed by atoms with E-state index in [1.807, 2.05) is 6.92 Å². The van der Waals surface area contributed by atoms with Crippen molar-refractivity contribution >= 4 is 17.7 Å². The quantitative estimate of drug-likeness (QED) is 0.0879. The lowest BCUT2D eigenvalue weighted by atomic mass is 10.0. The van der Waals surface area contributed by atoms with E-state index >= 15 is 0 Å². The predicted molar refractivity (Wildman–Crippen MR) is 139 cm³/mol. The van der Waals surface area contributed by atoms with Gasteiger partial charge in [-0.3, -0.25) is 10.1 Å². The number of carbonyl (C=O) groups excluding carboxylic acids is 1. The Bertz CT molecular complexity index is 1150. The lowest BCUT2D eigenvalue weighted by molar-refractivity contribution is -0.386. The van der Waals surface area contributed by atoms with Crippen LogP contribution in [0, 0.1) is 10.1 Å². The normalized spacial score (nSPS) is 11.5. The number of benzene rings is 3. The van der Waals surface area contributed by atoms with Gasteiger partial charge in [-0.15, -0.1) is 0 Å². The van der Waals surface area contributed by atoms with E-state index in [1.54, 1.807) is 66.7 Å². The summed E-state index contributed by atoms with van der Waals surface area (Å²) in [5.74, 6) is 0.196. The van der Waals surface area contributed by atoms with Crippen LogP contribution in [0.2, 0.25) is 0 Å². The molecule has 0 bridgehead atoms. The minimum Gasteiger partial charge on any atom is -0.484 e. The first-order valence-corrected chi connectivity index (χ1v) is 11.9. The van der Waals surface area contributed by atoms with Crippen molar-refractivity contribution < 1.29 is 19.2 Å². The van der Waals surface area contributed by atoms with Gasteiger partial charge in [0.05, 0.1) is 16.6 Å². The highest BCUT2D eigenvalue weighted by atomic mass is 16.6. The highest BCUT2D eigenvalue weighted by molar-refractivity contribution is 5.91. The van der Waals surface area contributed by atoms with Crippen molar-refractivity contribution in [3.63, 3.8) is 0 Å². The fourth-order valence-electron chi connectivity index (χ4n) is 3.71. The van der Waals surface area contributed by atoms with Crippen LogP contribution in [0.4, 0.5) is 5.69 Å². The fraction of sp³-hybridized carbons (Fsp3) is 0.276. The highest BCUT2D eigenvalue weighted by Crippen LogP contribution is 2.34. The minimum absolute atomic E-state index is 0.0682. The molecular formula is C29H31NO5. The largest absolute Gasteiger partial charge is 0.484 e. The van der Waals surface area contributed by atoms with Crippen LogP contribution in [0.5, 0.6) is 11.5 Å². The van der Waals surface area contributed by atoms with Crippen LogP contribution in [0.25, 0.3) is 17.2 Å². The van der Waals surface area contributed by atoms with Crippen molar-refractivity contribution in [2.24, 2.45) is 0 Å². The summed E-state index contributed by atoms with van der Waals surface area (Å²) in [6.07, 6.45) is 6.98. The van der Waals surface area contributed by atoms with Crippen LogP contribution in [0.1, 0.15) is 61.9 Å². The molecule has 3 aromatic carbocycles. The number of rotatable bonds is 12. The number of nitro groups is 1. The Morgan fingerprint density at radius 1 is 1.00 bits per heavy atom. The van der Waals surface area contributed by atoms with Crippen molar-refractivity contribution in [1.82, 2.24) is 0 Å². The molecule has 0 aliphatic rings. The van der Waals surface area contributed by atoms with Crippen molar-refractivity contribution in [1.29, 1.82) is 0 Å². The van der Waals surface area contributed by atoms with Gasteiger partial charge in [-0.05, 0) is 66.8 Å². The molecule has 0 aliphatic carbocycles. The maximum Gasteiger partial charge on any atom is 0.343 e. The summed E-state index contributed by atoms with van der Waals surface area (Å²) >= 11 is 0. The SMILES string of the molecule is C=Cc1ccc(C(=O)Oc2ccc(-c3ccc(O[C@@H](C)CCCCCC)c([N+](=O)[O-])c3)cc2)cc1. The van der Waals surface area contributed by atoms with E-state index in [0.717, 1.165) is 36.8 Å². The predicted octanol–water partition coefficient (Wildman–Crippen LogP) is 7.86. The lowest BCUT2D eigenvalue weighted by Gasteiger charge is -2.15. The van der Waals surface area contributed by atoms with Crippen LogP contribution in [0.15, 0.2) is 73.3 Å². The average Bonchev–Trinajstić information content (AvgIpc) is 2.87. The number of ether oxygens (including phenoxy) is 2. The fourth-order valence-corrected chi connectivity index (χ4v) is 3.71. The molecule has 0 saturated carbocycles. The maximum absolute atomic E-state index is 12.4. The third-order valence-electron chi connectivity index (χ3n) is 5.73. The van der Waals surface area contributed by atoms with E-state index in [4.69, 9.17) is 9.47 Å². The summed E-state index contributed by atoms with van der Waals surface area (Å²) in [5, 5.41) is 11.7. The van der Waals surface area contributed by atoms with Gasteiger partial charge in [0.15, 0.2) is 5.75 Å². The van der Waals surface area contributed by atoms with E-state index in [0.29, 0.717) is 16.9 Å². The highest BCUT2D eigenvalue weighted by Gasteiger charge is 2.19. The Morgan fingerprint density at radius 2 is 1.69 bits per heavy atom. The number of esters is 1. The van der Waals surface area contributed by atoms with Crippen molar-refractivity contribution in [2.75, 3.05) is 0 Å². The molecule has 1 atom stereocenters. The van der Waals surface area contributed by atoms with Crippen LogP contribution in [-0.2, 0) is 0 Å². The van der Waals surface area contributed by atoms with E-state index in [1.165, 1.54) is 12.5 Å². The van der Waals surface area contributed by atoms with Crippen LogP contribution >= 0.6 is 0 Å². The maximum atomic E-state index is 12.4. The lowest BCUT2D eigenvalue weighted by Crippen LogP contribution is -2.12. The number of nitro benzene ring substituents is 1. The molecule has 0 radical (unpaired) electrons. The molecule has 6 nitrogen and oxygen atoms in total. The Kier molecular flexibility index (Phi) is 9.18. The summed E-state index contributed by atoms with van der Waals surface area (Å²) in [6.45, 7) is 7.80. The van der Waals surface area contributed by atoms with E-state index in [-0.39, 0.29) is 17.5 Å². The molecule has 3 aromatic rings. The standard InChI is InChI=1S/C29H31NO5/c1-4-6-7-8-9-21(3)34-28-19-16-25(20-27(28)30(32)33)23-14-17-26(18-15-23)35-29(31)24-12-10-22(5-2)11-13-24/h5,10-21H,2,4,6-9H2,1,3H3/t21-/m0/s1. The molecule has 0 saturated heterocycles. The van der Waals surface area contributed by atoms with Gasteiger partial charge in [0.2, 0.25) is 0 Å². The summed E-state index contributed by atoms with van der Waals surface area (Å²) < 4.78 is 11.3. The molecule has 0 heterocycles. The van der Waals surface area contributed by atoms with Crippen LogP contribution in [0.3, 0.4) is 0 Å². The van der Waals surface area contributed by atoms with Gasteiger partial charge in [-0.2, -0.15) is 0 Å². The van der Waals surface area contributed by atoms with Gasteiger partial charge in [0.25, 0.3) is 0 Å². The molecular weight excluding hydrogens is 442 g/mol. The second kappa shape index (κ2) is 12.5. The first-order chi connectivity index (χ1) is 16.9. The molecule has 0 N–H and O–H groups in total. The molecule has 0 spiro atoms. The summed E-state index contributed by atoms with van der Waals surface area (Å²) in [7, 11) is 0. The first kappa shape index (κ1) is 25.7.